The van der Waals surface area contributed by atoms with Gasteiger partial charge in [-0.2, -0.15) is 0 Å². The SMILES string of the molecule is CC(C)(O)CN1CCC(COc2ccc(-c3ccc4c(c3)SCC4)cc2)CC1. The van der Waals surface area contributed by atoms with E-state index in [4.69, 9.17) is 4.74 Å². The second-order valence-electron chi connectivity index (χ2n) is 8.79. The highest BCUT2D eigenvalue weighted by atomic mass is 32.2. The Kier molecular flexibility index (Phi) is 6.00. The van der Waals surface area contributed by atoms with Gasteiger partial charge in [0.05, 0.1) is 12.2 Å². The van der Waals surface area contributed by atoms with Crippen LogP contribution in [0.2, 0.25) is 0 Å². The number of rotatable bonds is 6. The van der Waals surface area contributed by atoms with Gasteiger partial charge in [0, 0.05) is 17.2 Å². The van der Waals surface area contributed by atoms with Crippen LogP contribution in [-0.4, -0.2) is 47.6 Å². The van der Waals surface area contributed by atoms with Crippen LogP contribution in [0.1, 0.15) is 32.3 Å². The van der Waals surface area contributed by atoms with Crippen molar-refractivity contribution in [3.05, 3.63) is 48.0 Å². The molecular formula is C24H31NO2S. The van der Waals surface area contributed by atoms with Crippen molar-refractivity contribution in [2.45, 2.75) is 43.6 Å². The summed E-state index contributed by atoms with van der Waals surface area (Å²) in [5.41, 5.74) is 3.42. The molecule has 28 heavy (non-hydrogen) atoms. The van der Waals surface area contributed by atoms with Crippen molar-refractivity contribution in [2.24, 2.45) is 5.92 Å². The maximum Gasteiger partial charge on any atom is 0.119 e. The average molecular weight is 398 g/mol. The van der Waals surface area contributed by atoms with E-state index in [2.05, 4.69) is 47.4 Å². The minimum Gasteiger partial charge on any atom is -0.493 e. The van der Waals surface area contributed by atoms with Crippen LogP contribution in [0.15, 0.2) is 47.4 Å². The number of β-amino-alcohol motifs (C(OH)–C–C–N with tert-alkyl or cyclic N) is 1. The summed E-state index contributed by atoms with van der Waals surface area (Å²) in [7, 11) is 0. The number of piperidine rings is 1. The molecule has 0 atom stereocenters. The van der Waals surface area contributed by atoms with Gasteiger partial charge in [0.1, 0.15) is 5.75 Å². The Morgan fingerprint density at radius 1 is 1.07 bits per heavy atom. The maximum atomic E-state index is 9.97. The number of hydrogen-bond acceptors (Lipinski definition) is 4. The Labute approximate surface area is 173 Å². The predicted octanol–water partition coefficient (Wildman–Crippen LogP) is 4.86. The van der Waals surface area contributed by atoms with E-state index in [9.17, 15) is 5.11 Å². The summed E-state index contributed by atoms with van der Waals surface area (Å²) in [6.45, 7) is 7.40. The fourth-order valence-electron chi connectivity index (χ4n) is 4.16. The van der Waals surface area contributed by atoms with Gasteiger partial charge < -0.3 is 14.7 Å². The lowest BCUT2D eigenvalue weighted by Gasteiger charge is -2.35. The smallest absolute Gasteiger partial charge is 0.119 e. The normalized spacial score (nSPS) is 18.2. The Bertz CT molecular complexity index is 789. The van der Waals surface area contributed by atoms with Crippen LogP contribution in [0.3, 0.4) is 0 Å². The first-order valence-electron chi connectivity index (χ1n) is 10.4. The van der Waals surface area contributed by atoms with E-state index < -0.39 is 5.60 Å². The monoisotopic (exact) mass is 397 g/mol. The number of thioether (sulfide) groups is 1. The van der Waals surface area contributed by atoms with Crippen LogP contribution in [0.5, 0.6) is 5.75 Å². The summed E-state index contributed by atoms with van der Waals surface area (Å²) in [4.78, 5) is 3.80. The first-order chi connectivity index (χ1) is 13.5. The summed E-state index contributed by atoms with van der Waals surface area (Å²) in [5.74, 6) is 2.77. The number of likely N-dealkylation sites (tertiary alicyclic amines) is 1. The number of aryl methyl sites for hydroxylation is 1. The first-order valence-corrected chi connectivity index (χ1v) is 11.4. The van der Waals surface area contributed by atoms with Crippen LogP contribution in [0.4, 0.5) is 0 Å². The minimum absolute atomic E-state index is 0.603. The third kappa shape index (κ3) is 5.11. The average Bonchev–Trinajstić information content (AvgIpc) is 3.14. The molecule has 2 aromatic rings. The van der Waals surface area contributed by atoms with Crippen LogP contribution in [0.25, 0.3) is 11.1 Å². The highest BCUT2D eigenvalue weighted by Crippen LogP contribution is 2.35. The number of hydrogen-bond donors (Lipinski definition) is 1. The summed E-state index contributed by atoms with van der Waals surface area (Å²) in [6, 6.07) is 15.4. The number of ether oxygens (including phenoxy) is 1. The van der Waals surface area contributed by atoms with E-state index in [1.807, 2.05) is 25.6 Å². The van der Waals surface area contributed by atoms with Gasteiger partial charge in [-0.3, -0.25) is 0 Å². The summed E-state index contributed by atoms with van der Waals surface area (Å²) < 4.78 is 6.07. The lowest BCUT2D eigenvalue weighted by atomic mass is 9.96. The van der Waals surface area contributed by atoms with Gasteiger partial charge in [-0.1, -0.05) is 24.3 Å². The summed E-state index contributed by atoms with van der Waals surface area (Å²) in [6.07, 6.45) is 3.48. The molecule has 2 aliphatic rings. The Hall–Kier alpha value is -1.49. The van der Waals surface area contributed by atoms with Gasteiger partial charge >= 0.3 is 0 Å². The quantitative estimate of drug-likeness (QED) is 0.754. The molecule has 2 aromatic carbocycles. The molecular weight excluding hydrogens is 366 g/mol. The molecule has 150 valence electrons. The van der Waals surface area contributed by atoms with E-state index in [0.717, 1.165) is 44.8 Å². The van der Waals surface area contributed by atoms with Crippen LogP contribution >= 0.6 is 11.8 Å². The van der Waals surface area contributed by atoms with Gasteiger partial charge in [0.2, 0.25) is 0 Å². The van der Waals surface area contributed by atoms with E-state index >= 15 is 0 Å². The predicted molar refractivity (Wildman–Crippen MR) is 117 cm³/mol. The molecule has 0 amide bonds. The molecule has 2 heterocycles. The van der Waals surface area contributed by atoms with Crippen molar-refractivity contribution in [3.63, 3.8) is 0 Å². The van der Waals surface area contributed by atoms with Gasteiger partial charge in [-0.05, 0) is 87.0 Å². The topological polar surface area (TPSA) is 32.7 Å². The van der Waals surface area contributed by atoms with Crippen molar-refractivity contribution >= 4 is 11.8 Å². The number of benzene rings is 2. The second kappa shape index (κ2) is 8.48. The van der Waals surface area contributed by atoms with Gasteiger partial charge in [0.25, 0.3) is 0 Å². The summed E-state index contributed by atoms with van der Waals surface area (Å²) in [5, 5.41) is 9.97. The van der Waals surface area contributed by atoms with Crippen LogP contribution in [-0.2, 0) is 6.42 Å². The minimum atomic E-state index is -0.609. The Balaban J connectivity index is 1.27. The third-order valence-corrected chi connectivity index (χ3v) is 6.79. The van der Waals surface area contributed by atoms with Gasteiger partial charge in [-0.25, -0.2) is 0 Å². The first kappa shape index (κ1) is 19.8. The molecule has 1 fully saturated rings. The molecule has 0 spiro atoms. The zero-order chi connectivity index (χ0) is 19.6. The highest BCUT2D eigenvalue weighted by molar-refractivity contribution is 7.99. The van der Waals surface area contributed by atoms with Crippen molar-refractivity contribution in [1.82, 2.24) is 4.90 Å². The largest absolute Gasteiger partial charge is 0.493 e. The summed E-state index contributed by atoms with van der Waals surface area (Å²) >= 11 is 1.96. The molecule has 1 N–H and O–H groups in total. The van der Waals surface area contributed by atoms with Crippen molar-refractivity contribution in [3.8, 4) is 16.9 Å². The molecule has 0 aliphatic carbocycles. The number of aliphatic hydroxyl groups is 1. The van der Waals surface area contributed by atoms with Crippen molar-refractivity contribution < 1.29 is 9.84 Å². The van der Waals surface area contributed by atoms with E-state index in [-0.39, 0.29) is 0 Å². The lowest BCUT2D eigenvalue weighted by molar-refractivity contribution is 0.0212. The standard InChI is InChI=1S/C24H31NO2S/c1-24(2,26)17-25-12-9-18(10-13-25)16-27-22-7-5-19(6-8-22)21-4-3-20-11-14-28-23(20)15-21/h3-8,15,18,26H,9-14,16-17H2,1-2H3. The van der Waals surface area contributed by atoms with E-state index in [1.54, 1.807) is 0 Å². The molecule has 2 aliphatic heterocycles. The van der Waals surface area contributed by atoms with Crippen molar-refractivity contribution in [1.29, 1.82) is 0 Å². The second-order valence-corrected chi connectivity index (χ2v) is 9.93. The molecule has 0 radical (unpaired) electrons. The third-order valence-electron chi connectivity index (χ3n) is 5.69. The fraction of sp³-hybridized carbons (Fsp3) is 0.500. The Morgan fingerprint density at radius 3 is 2.50 bits per heavy atom. The van der Waals surface area contributed by atoms with E-state index in [1.165, 1.54) is 33.8 Å². The fourth-order valence-corrected chi connectivity index (χ4v) is 5.27. The maximum absolute atomic E-state index is 9.97. The zero-order valence-corrected chi connectivity index (χ0v) is 17.8. The van der Waals surface area contributed by atoms with Gasteiger partial charge in [-0.15, -0.1) is 11.8 Å². The molecule has 4 rings (SSSR count). The molecule has 3 nitrogen and oxygen atoms in total. The Morgan fingerprint density at radius 2 is 1.79 bits per heavy atom. The molecule has 1 saturated heterocycles. The molecule has 0 unspecified atom stereocenters. The van der Waals surface area contributed by atoms with Crippen molar-refractivity contribution in [2.75, 3.05) is 32.0 Å². The molecule has 0 saturated carbocycles. The molecule has 0 bridgehead atoms. The van der Waals surface area contributed by atoms with Crippen LogP contribution < -0.4 is 4.74 Å². The lowest BCUT2D eigenvalue weighted by Crippen LogP contribution is -2.43. The van der Waals surface area contributed by atoms with E-state index in [0.29, 0.717) is 5.92 Å². The number of fused-ring (bicyclic) bond motifs is 1. The molecule has 4 heteroatoms. The van der Waals surface area contributed by atoms with Gasteiger partial charge in [0.15, 0.2) is 0 Å². The highest BCUT2D eigenvalue weighted by Gasteiger charge is 2.24. The zero-order valence-electron chi connectivity index (χ0n) is 17.0. The molecule has 0 aromatic heterocycles. The number of nitrogens with zero attached hydrogens (tertiary/aromatic N) is 1. The van der Waals surface area contributed by atoms with Crippen LogP contribution in [0, 0.1) is 5.92 Å².